The number of amides is 1. The molecule has 0 heterocycles. The number of carboxylic acid groups (broad SMARTS) is 1. The van der Waals surface area contributed by atoms with Crippen molar-refractivity contribution >= 4 is 29.5 Å². The fourth-order valence-corrected chi connectivity index (χ4v) is 1.15. The van der Waals surface area contributed by atoms with Gasteiger partial charge in [0.15, 0.2) is 0 Å². The second-order valence-electron chi connectivity index (χ2n) is 2.37. The van der Waals surface area contributed by atoms with Crippen LogP contribution in [0.5, 0.6) is 0 Å². The summed E-state index contributed by atoms with van der Waals surface area (Å²) in [6.45, 7) is 3.56. The largest absolute Gasteiger partial charge is 0.465 e. The van der Waals surface area contributed by atoms with Gasteiger partial charge in [-0.15, -0.1) is 0 Å². The maximum atomic E-state index is 10.3. The van der Waals surface area contributed by atoms with E-state index < -0.39 is 6.09 Å². The Bertz CT molecular complexity index is 349. The molecule has 0 unspecified atom stereocenters. The molecule has 0 aromatic heterocycles. The lowest BCUT2D eigenvalue weighted by molar-refractivity contribution is 0.210. The number of rotatable bonds is 2. The standard InChI is InChI=1S/C9H8ClNO2/c1-2-6-3-4-7(5-8(6)10)11-9(12)13/h2-5,11H,1H2,(H,12,13). The first-order chi connectivity index (χ1) is 6.13. The predicted octanol–water partition coefficient (Wildman–Crippen LogP) is 3.07. The Morgan fingerprint density at radius 1 is 1.62 bits per heavy atom. The van der Waals surface area contributed by atoms with Gasteiger partial charge in [-0.05, 0) is 17.7 Å². The Labute approximate surface area is 80.6 Å². The molecule has 0 bridgehead atoms. The zero-order valence-corrected chi connectivity index (χ0v) is 7.51. The molecule has 1 aromatic rings. The number of hydrogen-bond donors (Lipinski definition) is 2. The van der Waals surface area contributed by atoms with Gasteiger partial charge in [-0.2, -0.15) is 0 Å². The van der Waals surface area contributed by atoms with Crippen LogP contribution in [-0.2, 0) is 0 Å². The molecule has 0 aliphatic carbocycles. The summed E-state index contributed by atoms with van der Waals surface area (Å²) in [7, 11) is 0. The molecule has 68 valence electrons. The smallest absolute Gasteiger partial charge is 0.409 e. The zero-order valence-electron chi connectivity index (χ0n) is 6.75. The summed E-state index contributed by atoms with van der Waals surface area (Å²) in [5.74, 6) is 0. The molecule has 0 aliphatic rings. The van der Waals surface area contributed by atoms with E-state index in [0.717, 1.165) is 5.56 Å². The average Bonchev–Trinajstić information content (AvgIpc) is 2.03. The molecule has 13 heavy (non-hydrogen) atoms. The highest BCUT2D eigenvalue weighted by Gasteiger charge is 2.00. The van der Waals surface area contributed by atoms with Crippen molar-refractivity contribution in [1.29, 1.82) is 0 Å². The highest BCUT2D eigenvalue weighted by molar-refractivity contribution is 6.32. The zero-order chi connectivity index (χ0) is 9.84. The van der Waals surface area contributed by atoms with Gasteiger partial charge in [0.05, 0.1) is 0 Å². The summed E-state index contributed by atoms with van der Waals surface area (Å²) < 4.78 is 0. The van der Waals surface area contributed by atoms with Crippen LogP contribution in [0.3, 0.4) is 0 Å². The van der Waals surface area contributed by atoms with Crippen molar-refractivity contribution in [3.05, 3.63) is 35.4 Å². The monoisotopic (exact) mass is 197 g/mol. The van der Waals surface area contributed by atoms with Crippen LogP contribution in [-0.4, -0.2) is 11.2 Å². The number of anilines is 1. The molecule has 2 N–H and O–H groups in total. The molecule has 4 heteroatoms. The van der Waals surface area contributed by atoms with Crippen molar-refractivity contribution < 1.29 is 9.90 Å². The molecule has 0 saturated carbocycles. The first kappa shape index (κ1) is 9.61. The molecule has 0 saturated heterocycles. The maximum absolute atomic E-state index is 10.3. The summed E-state index contributed by atoms with van der Waals surface area (Å²) in [6, 6.07) is 4.85. The van der Waals surface area contributed by atoms with Crippen LogP contribution in [0.1, 0.15) is 5.56 Å². The average molecular weight is 198 g/mol. The molecule has 0 aliphatic heterocycles. The van der Waals surface area contributed by atoms with Gasteiger partial charge in [0.25, 0.3) is 0 Å². The van der Waals surface area contributed by atoms with Gasteiger partial charge < -0.3 is 5.11 Å². The van der Waals surface area contributed by atoms with E-state index in [1.807, 2.05) is 0 Å². The number of carbonyl (C=O) groups is 1. The lowest BCUT2D eigenvalue weighted by Crippen LogP contribution is -2.06. The molecule has 0 radical (unpaired) electrons. The van der Waals surface area contributed by atoms with Crippen molar-refractivity contribution in [3.63, 3.8) is 0 Å². The summed E-state index contributed by atoms with van der Waals surface area (Å²) in [6.07, 6.45) is 0.495. The molecular weight excluding hydrogens is 190 g/mol. The van der Waals surface area contributed by atoms with E-state index in [1.165, 1.54) is 6.07 Å². The van der Waals surface area contributed by atoms with E-state index in [2.05, 4.69) is 11.9 Å². The summed E-state index contributed by atoms with van der Waals surface area (Å²) in [5, 5.41) is 11.1. The molecule has 0 fully saturated rings. The summed E-state index contributed by atoms with van der Waals surface area (Å²) in [5.41, 5.74) is 1.22. The minimum Gasteiger partial charge on any atom is -0.465 e. The lowest BCUT2D eigenvalue weighted by Gasteiger charge is -2.02. The van der Waals surface area contributed by atoms with Gasteiger partial charge in [-0.25, -0.2) is 4.79 Å². The Balaban J connectivity index is 2.95. The third-order valence-corrected chi connectivity index (χ3v) is 1.80. The fourth-order valence-electron chi connectivity index (χ4n) is 0.894. The van der Waals surface area contributed by atoms with Crippen molar-refractivity contribution in [3.8, 4) is 0 Å². The molecule has 1 aromatic carbocycles. The van der Waals surface area contributed by atoms with Gasteiger partial charge >= 0.3 is 6.09 Å². The fraction of sp³-hybridized carbons (Fsp3) is 0. The number of hydrogen-bond acceptors (Lipinski definition) is 1. The minimum absolute atomic E-state index is 0.447. The van der Waals surface area contributed by atoms with Gasteiger partial charge in [-0.1, -0.05) is 30.3 Å². The van der Waals surface area contributed by atoms with Gasteiger partial charge in [0.2, 0.25) is 0 Å². The Hall–Kier alpha value is -1.48. The van der Waals surface area contributed by atoms with Gasteiger partial charge in [0, 0.05) is 10.7 Å². The molecule has 0 atom stereocenters. The number of benzene rings is 1. The van der Waals surface area contributed by atoms with Crippen LogP contribution >= 0.6 is 11.6 Å². The third kappa shape index (κ3) is 2.49. The molecule has 1 rings (SSSR count). The first-order valence-corrected chi connectivity index (χ1v) is 3.93. The second kappa shape index (κ2) is 3.96. The van der Waals surface area contributed by atoms with Crippen molar-refractivity contribution in [1.82, 2.24) is 0 Å². The van der Waals surface area contributed by atoms with Crippen LogP contribution < -0.4 is 5.32 Å². The topological polar surface area (TPSA) is 49.3 Å². The lowest BCUT2D eigenvalue weighted by atomic mass is 10.2. The molecule has 3 nitrogen and oxygen atoms in total. The minimum atomic E-state index is -1.11. The Kier molecular flexibility index (Phi) is 2.93. The third-order valence-electron chi connectivity index (χ3n) is 1.47. The van der Waals surface area contributed by atoms with E-state index >= 15 is 0 Å². The number of halogens is 1. The molecule has 1 amide bonds. The Morgan fingerprint density at radius 2 is 2.31 bits per heavy atom. The van der Waals surface area contributed by atoms with Crippen LogP contribution in [0.25, 0.3) is 6.08 Å². The van der Waals surface area contributed by atoms with Crippen LogP contribution in [0.4, 0.5) is 10.5 Å². The number of nitrogens with one attached hydrogen (secondary N) is 1. The van der Waals surface area contributed by atoms with E-state index in [0.29, 0.717) is 10.7 Å². The first-order valence-electron chi connectivity index (χ1n) is 3.55. The van der Waals surface area contributed by atoms with Crippen LogP contribution in [0.15, 0.2) is 24.8 Å². The highest BCUT2D eigenvalue weighted by Crippen LogP contribution is 2.21. The van der Waals surface area contributed by atoms with E-state index in [4.69, 9.17) is 16.7 Å². The van der Waals surface area contributed by atoms with Crippen molar-refractivity contribution in [2.75, 3.05) is 5.32 Å². The summed E-state index contributed by atoms with van der Waals surface area (Å²) >= 11 is 5.81. The normalized spacial score (nSPS) is 9.31. The van der Waals surface area contributed by atoms with Crippen LogP contribution in [0, 0.1) is 0 Å². The maximum Gasteiger partial charge on any atom is 0.409 e. The Morgan fingerprint density at radius 3 is 2.77 bits per heavy atom. The van der Waals surface area contributed by atoms with E-state index in [-0.39, 0.29) is 0 Å². The SMILES string of the molecule is C=Cc1ccc(NC(=O)O)cc1Cl. The molecular formula is C9H8ClNO2. The van der Waals surface area contributed by atoms with E-state index in [1.54, 1.807) is 18.2 Å². The summed E-state index contributed by atoms with van der Waals surface area (Å²) in [4.78, 5) is 10.3. The van der Waals surface area contributed by atoms with Crippen molar-refractivity contribution in [2.24, 2.45) is 0 Å². The van der Waals surface area contributed by atoms with Crippen LogP contribution in [0.2, 0.25) is 5.02 Å². The van der Waals surface area contributed by atoms with Gasteiger partial charge in [0.1, 0.15) is 0 Å². The second-order valence-corrected chi connectivity index (χ2v) is 2.78. The predicted molar refractivity (Wildman–Crippen MR) is 53.2 cm³/mol. The van der Waals surface area contributed by atoms with E-state index in [9.17, 15) is 4.79 Å². The van der Waals surface area contributed by atoms with Crippen molar-refractivity contribution in [2.45, 2.75) is 0 Å². The van der Waals surface area contributed by atoms with Gasteiger partial charge in [-0.3, -0.25) is 5.32 Å². The molecule has 0 spiro atoms. The quantitative estimate of drug-likeness (QED) is 0.766. The highest BCUT2D eigenvalue weighted by atomic mass is 35.5.